The van der Waals surface area contributed by atoms with Crippen LogP contribution in [0.15, 0.2) is 23.1 Å². The van der Waals surface area contributed by atoms with Gasteiger partial charge >= 0.3 is 0 Å². The standard InChI is InChI=1S/C9H11IS/c1-7(2)3-4-9-8(10)5-6-11-9/h3,5-6H,4H2,1-2H3. The fraction of sp³-hybridized carbons (Fsp3) is 0.333. The molecule has 0 bridgehead atoms. The van der Waals surface area contributed by atoms with Gasteiger partial charge in [-0.05, 0) is 47.9 Å². The quantitative estimate of drug-likeness (QED) is 0.569. The Labute approximate surface area is 85.5 Å². The summed E-state index contributed by atoms with van der Waals surface area (Å²) in [4.78, 5) is 1.48. The second-order valence-electron chi connectivity index (χ2n) is 2.68. The lowest BCUT2D eigenvalue weighted by atomic mass is 10.2. The van der Waals surface area contributed by atoms with E-state index in [4.69, 9.17) is 0 Å². The van der Waals surface area contributed by atoms with Gasteiger partial charge in [-0.3, -0.25) is 0 Å². The molecular formula is C9H11IS. The molecule has 0 atom stereocenters. The fourth-order valence-electron chi connectivity index (χ4n) is 0.768. The van der Waals surface area contributed by atoms with Gasteiger partial charge < -0.3 is 0 Å². The molecule has 0 nitrogen and oxygen atoms in total. The van der Waals surface area contributed by atoms with Crippen molar-refractivity contribution in [1.29, 1.82) is 0 Å². The highest BCUT2D eigenvalue weighted by Gasteiger charge is 1.97. The average Bonchev–Trinajstić information content (AvgIpc) is 2.31. The first-order chi connectivity index (χ1) is 5.20. The van der Waals surface area contributed by atoms with Crippen molar-refractivity contribution in [2.45, 2.75) is 20.3 Å². The predicted octanol–water partition coefficient (Wildman–Crippen LogP) is 3.86. The minimum Gasteiger partial charge on any atom is -0.147 e. The van der Waals surface area contributed by atoms with Crippen LogP contribution in [0.4, 0.5) is 0 Å². The van der Waals surface area contributed by atoms with Gasteiger partial charge in [-0.25, -0.2) is 0 Å². The number of allylic oxidation sites excluding steroid dienone is 2. The van der Waals surface area contributed by atoms with Crippen molar-refractivity contribution in [3.63, 3.8) is 0 Å². The van der Waals surface area contributed by atoms with E-state index in [1.54, 1.807) is 0 Å². The van der Waals surface area contributed by atoms with Gasteiger partial charge in [-0.15, -0.1) is 11.3 Å². The molecule has 0 fully saturated rings. The summed E-state index contributed by atoms with van der Waals surface area (Å²) in [5, 5.41) is 2.15. The first-order valence-corrected chi connectivity index (χ1v) is 5.51. The summed E-state index contributed by atoms with van der Waals surface area (Å²) < 4.78 is 1.39. The van der Waals surface area contributed by atoms with Crippen LogP contribution in [0, 0.1) is 3.57 Å². The third-order valence-electron chi connectivity index (χ3n) is 1.39. The minimum atomic E-state index is 1.10. The van der Waals surface area contributed by atoms with Gasteiger partial charge in [0.15, 0.2) is 0 Å². The van der Waals surface area contributed by atoms with Gasteiger partial charge in [0, 0.05) is 14.9 Å². The molecule has 60 valence electrons. The summed E-state index contributed by atoms with van der Waals surface area (Å²) in [6.45, 7) is 4.28. The van der Waals surface area contributed by atoms with Crippen LogP contribution in [0.2, 0.25) is 0 Å². The summed E-state index contributed by atoms with van der Waals surface area (Å²) in [5.41, 5.74) is 1.40. The predicted molar refractivity (Wildman–Crippen MR) is 60.2 cm³/mol. The maximum absolute atomic E-state index is 2.38. The second-order valence-corrected chi connectivity index (χ2v) is 4.84. The van der Waals surface area contributed by atoms with Crippen molar-refractivity contribution in [1.82, 2.24) is 0 Å². The molecule has 1 rings (SSSR count). The van der Waals surface area contributed by atoms with E-state index in [2.05, 4.69) is 54.0 Å². The monoisotopic (exact) mass is 278 g/mol. The Morgan fingerprint density at radius 1 is 1.64 bits per heavy atom. The molecule has 2 heteroatoms. The lowest BCUT2D eigenvalue weighted by molar-refractivity contribution is 1.24. The number of rotatable bonds is 2. The van der Waals surface area contributed by atoms with Gasteiger partial charge in [0.1, 0.15) is 0 Å². The lowest BCUT2D eigenvalue weighted by Gasteiger charge is -1.92. The maximum atomic E-state index is 2.38. The van der Waals surface area contributed by atoms with Crippen LogP contribution in [0.1, 0.15) is 18.7 Å². The Balaban J connectivity index is 2.65. The largest absolute Gasteiger partial charge is 0.147 e. The Kier molecular flexibility index (Phi) is 3.59. The highest BCUT2D eigenvalue weighted by molar-refractivity contribution is 14.1. The zero-order valence-electron chi connectivity index (χ0n) is 6.73. The van der Waals surface area contributed by atoms with E-state index in [-0.39, 0.29) is 0 Å². The molecule has 0 aliphatic carbocycles. The van der Waals surface area contributed by atoms with Crippen LogP contribution in [0.5, 0.6) is 0 Å². The van der Waals surface area contributed by atoms with Crippen LogP contribution in [0.3, 0.4) is 0 Å². The Morgan fingerprint density at radius 2 is 2.36 bits per heavy atom. The van der Waals surface area contributed by atoms with E-state index in [1.165, 1.54) is 14.0 Å². The smallest absolute Gasteiger partial charge is 0.0272 e. The highest BCUT2D eigenvalue weighted by Crippen LogP contribution is 2.19. The maximum Gasteiger partial charge on any atom is 0.0272 e. The molecule has 0 unspecified atom stereocenters. The van der Waals surface area contributed by atoms with Crippen LogP contribution >= 0.6 is 33.9 Å². The van der Waals surface area contributed by atoms with Crippen molar-refractivity contribution in [3.8, 4) is 0 Å². The first kappa shape index (κ1) is 9.26. The summed E-state index contributed by atoms with van der Waals surface area (Å²) in [5.74, 6) is 0. The van der Waals surface area contributed by atoms with Crippen molar-refractivity contribution in [2.24, 2.45) is 0 Å². The molecule has 0 spiro atoms. The molecular weight excluding hydrogens is 267 g/mol. The zero-order chi connectivity index (χ0) is 8.27. The van der Waals surface area contributed by atoms with Gasteiger partial charge in [0.25, 0.3) is 0 Å². The van der Waals surface area contributed by atoms with Crippen LogP contribution in [-0.4, -0.2) is 0 Å². The summed E-state index contributed by atoms with van der Waals surface area (Å²) in [6.07, 6.45) is 3.37. The van der Waals surface area contributed by atoms with E-state index >= 15 is 0 Å². The van der Waals surface area contributed by atoms with E-state index < -0.39 is 0 Å². The Morgan fingerprint density at radius 3 is 2.82 bits per heavy atom. The van der Waals surface area contributed by atoms with Crippen molar-refractivity contribution >= 4 is 33.9 Å². The Hall–Kier alpha value is 0.170. The number of thiophene rings is 1. The molecule has 0 aliphatic rings. The molecule has 0 N–H and O–H groups in total. The van der Waals surface area contributed by atoms with Crippen LogP contribution in [-0.2, 0) is 6.42 Å². The normalized spacial score (nSPS) is 9.73. The van der Waals surface area contributed by atoms with E-state index in [1.807, 2.05) is 11.3 Å². The molecule has 1 heterocycles. The van der Waals surface area contributed by atoms with Crippen molar-refractivity contribution in [3.05, 3.63) is 31.5 Å². The minimum absolute atomic E-state index is 1.10. The third-order valence-corrected chi connectivity index (χ3v) is 3.71. The molecule has 0 saturated heterocycles. The van der Waals surface area contributed by atoms with E-state index in [9.17, 15) is 0 Å². The highest BCUT2D eigenvalue weighted by atomic mass is 127. The van der Waals surface area contributed by atoms with Crippen LogP contribution in [0.25, 0.3) is 0 Å². The van der Waals surface area contributed by atoms with Gasteiger partial charge in [-0.2, -0.15) is 0 Å². The molecule has 11 heavy (non-hydrogen) atoms. The summed E-state index contributed by atoms with van der Waals surface area (Å²) in [6, 6.07) is 2.17. The second kappa shape index (κ2) is 4.26. The molecule has 1 aromatic rings. The molecule has 0 amide bonds. The lowest BCUT2D eigenvalue weighted by Crippen LogP contribution is -1.78. The fourth-order valence-corrected chi connectivity index (χ4v) is 2.52. The molecule has 1 aromatic heterocycles. The van der Waals surface area contributed by atoms with Gasteiger partial charge in [0.2, 0.25) is 0 Å². The molecule has 0 radical (unpaired) electrons. The number of hydrogen-bond donors (Lipinski definition) is 0. The number of hydrogen-bond acceptors (Lipinski definition) is 1. The zero-order valence-corrected chi connectivity index (χ0v) is 9.70. The summed E-state index contributed by atoms with van der Waals surface area (Å²) >= 11 is 4.22. The van der Waals surface area contributed by atoms with E-state index in [0.29, 0.717) is 0 Å². The topological polar surface area (TPSA) is 0 Å². The average molecular weight is 278 g/mol. The third kappa shape index (κ3) is 2.95. The van der Waals surface area contributed by atoms with E-state index in [0.717, 1.165) is 6.42 Å². The Bertz CT molecular complexity index is 256. The number of halogens is 1. The van der Waals surface area contributed by atoms with Crippen molar-refractivity contribution < 1.29 is 0 Å². The SMILES string of the molecule is CC(C)=CCc1sccc1I. The van der Waals surface area contributed by atoms with Gasteiger partial charge in [-0.1, -0.05) is 11.6 Å². The molecule has 0 aromatic carbocycles. The molecule has 0 aliphatic heterocycles. The summed E-state index contributed by atoms with van der Waals surface area (Å²) in [7, 11) is 0. The molecule has 0 saturated carbocycles. The first-order valence-electron chi connectivity index (χ1n) is 3.55. The van der Waals surface area contributed by atoms with Crippen LogP contribution < -0.4 is 0 Å². The van der Waals surface area contributed by atoms with Crippen molar-refractivity contribution in [2.75, 3.05) is 0 Å². The van der Waals surface area contributed by atoms with Gasteiger partial charge in [0.05, 0.1) is 0 Å².